The molecule has 136 valence electrons. The lowest BCUT2D eigenvalue weighted by molar-refractivity contribution is 0.0529. The molecule has 2 aromatic heterocycles. The summed E-state index contributed by atoms with van der Waals surface area (Å²) in [7, 11) is -2.57. The third-order valence-electron chi connectivity index (χ3n) is 4.38. The van der Waals surface area contributed by atoms with Gasteiger partial charge in [-0.2, -0.15) is 0 Å². The first-order chi connectivity index (χ1) is 12.0. The molecule has 0 aliphatic carbocycles. The van der Waals surface area contributed by atoms with Gasteiger partial charge in [-0.25, -0.2) is 17.9 Å². The molecule has 3 heterocycles. The minimum Gasteiger partial charge on any atom is -0.465 e. The maximum absolute atomic E-state index is 12.7. The Morgan fingerprint density at radius 1 is 1.28 bits per heavy atom. The van der Waals surface area contributed by atoms with Crippen molar-refractivity contribution in [2.75, 3.05) is 26.9 Å². The summed E-state index contributed by atoms with van der Waals surface area (Å²) in [6.07, 6.45) is 1.51. The number of rotatable bonds is 6. The second-order valence-electron chi connectivity index (χ2n) is 5.80. The number of hydrogen-bond donors (Lipinski definition) is 1. The van der Waals surface area contributed by atoms with E-state index in [4.69, 9.17) is 4.74 Å². The second kappa shape index (κ2) is 7.55. The number of ether oxygens (including phenoxy) is 2. The van der Waals surface area contributed by atoms with Gasteiger partial charge in [0.2, 0.25) is 10.0 Å². The average Bonchev–Trinajstić information content (AvgIpc) is 3.32. The summed E-state index contributed by atoms with van der Waals surface area (Å²) >= 11 is 2.68. The van der Waals surface area contributed by atoms with Crippen LogP contribution in [0.15, 0.2) is 33.9 Å². The average molecular weight is 402 g/mol. The normalized spacial score (nSPS) is 17.3. The molecule has 1 fully saturated rings. The first-order valence-corrected chi connectivity index (χ1v) is 11.0. The Hall–Kier alpha value is -1.26. The van der Waals surface area contributed by atoms with E-state index in [-0.39, 0.29) is 21.7 Å². The van der Waals surface area contributed by atoms with Gasteiger partial charge < -0.3 is 9.47 Å². The zero-order valence-corrected chi connectivity index (χ0v) is 16.1. The highest BCUT2D eigenvalue weighted by molar-refractivity contribution is 7.89. The number of carbonyl (C=O) groups is 1. The number of methoxy groups -OCH3 is 1. The summed E-state index contributed by atoms with van der Waals surface area (Å²) in [5.41, 5.74) is -0.277. The zero-order valence-electron chi connectivity index (χ0n) is 13.7. The number of sulfonamides is 1. The van der Waals surface area contributed by atoms with E-state index >= 15 is 0 Å². The summed E-state index contributed by atoms with van der Waals surface area (Å²) in [4.78, 5) is 13.0. The number of carbonyl (C=O) groups excluding carboxylic acids is 1. The van der Waals surface area contributed by atoms with E-state index in [1.165, 1.54) is 13.2 Å². The molecule has 6 nitrogen and oxygen atoms in total. The molecular formula is C16H19NO5S3. The molecule has 1 N–H and O–H groups in total. The van der Waals surface area contributed by atoms with Crippen LogP contribution in [-0.4, -0.2) is 41.3 Å². The van der Waals surface area contributed by atoms with Crippen molar-refractivity contribution in [2.24, 2.45) is 0 Å². The Labute approximate surface area is 154 Å². The third-order valence-corrected chi connectivity index (χ3v) is 7.97. The maximum atomic E-state index is 12.7. The zero-order chi connectivity index (χ0) is 17.9. The SMILES string of the molecule is COC(=O)c1sccc1S(=O)(=O)NCC1(c2cccs2)CCOCC1. The van der Waals surface area contributed by atoms with Crippen LogP contribution in [0, 0.1) is 0 Å². The summed E-state index contributed by atoms with van der Waals surface area (Å²) in [5.74, 6) is -0.644. The van der Waals surface area contributed by atoms with E-state index in [0.717, 1.165) is 29.1 Å². The molecule has 0 amide bonds. The summed E-state index contributed by atoms with van der Waals surface area (Å²) in [5, 5.41) is 3.57. The van der Waals surface area contributed by atoms with Crippen LogP contribution in [0.1, 0.15) is 27.4 Å². The third kappa shape index (κ3) is 3.80. The molecule has 0 saturated carbocycles. The van der Waals surface area contributed by atoms with Crippen molar-refractivity contribution in [3.05, 3.63) is 38.7 Å². The fourth-order valence-electron chi connectivity index (χ4n) is 2.91. The fourth-order valence-corrected chi connectivity index (χ4v) is 6.36. The molecule has 0 aromatic carbocycles. The van der Waals surface area contributed by atoms with E-state index in [2.05, 4.69) is 9.46 Å². The Kier molecular flexibility index (Phi) is 5.59. The van der Waals surface area contributed by atoms with E-state index in [9.17, 15) is 13.2 Å². The molecule has 3 rings (SSSR count). The van der Waals surface area contributed by atoms with Gasteiger partial charge in [0, 0.05) is 30.1 Å². The van der Waals surface area contributed by atoms with E-state index in [1.54, 1.807) is 16.7 Å². The smallest absolute Gasteiger partial charge is 0.349 e. The summed E-state index contributed by atoms with van der Waals surface area (Å²) in [6, 6.07) is 5.44. The van der Waals surface area contributed by atoms with Gasteiger partial charge >= 0.3 is 5.97 Å². The Bertz CT molecular complexity index is 820. The second-order valence-corrected chi connectivity index (χ2v) is 9.40. The molecule has 2 aromatic rings. The molecule has 9 heteroatoms. The van der Waals surface area contributed by atoms with Crippen molar-refractivity contribution in [3.8, 4) is 0 Å². The van der Waals surface area contributed by atoms with Gasteiger partial charge in [0.05, 0.1) is 7.11 Å². The number of nitrogens with one attached hydrogen (secondary N) is 1. The number of hydrogen-bond acceptors (Lipinski definition) is 7. The van der Waals surface area contributed by atoms with Crippen LogP contribution >= 0.6 is 22.7 Å². The minimum atomic E-state index is -3.81. The van der Waals surface area contributed by atoms with E-state index in [1.807, 2.05) is 17.5 Å². The van der Waals surface area contributed by atoms with Crippen molar-refractivity contribution in [1.29, 1.82) is 0 Å². The molecule has 1 aliphatic rings. The van der Waals surface area contributed by atoms with Crippen molar-refractivity contribution < 1.29 is 22.7 Å². The van der Waals surface area contributed by atoms with Gasteiger partial charge in [-0.3, -0.25) is 0 Å². The van der Waals surface area contributed by atoms with Crippen molar-refractivity contribution in [1.82, 2.24) is 4.72 Å². The van der Waals surface area contributed by atoms with Crippen LogP contribution in [0.5, 0.6) is 0 Å². The quantitative estimate of drug-likeness (QED) is 0.753. The largest absolute Gasteiger partial charge is 0.465 e. The van der Waals surface area contributed by atoms with Gasteiger partial charge in [-0.1, -0.05) is 6.07 Å². The van der Waals surface area contributed by atoms with Crippen LogP contribution in [-0.2, 0) is 24.9 Å². The first kappa shape index (κ1) is 18.5. The highest BCUT2D eigenvalue weighted by atomic mass is 32.2. The Balaban J connectivity index is 1.83. The lowest BCUT2D eigenvalue weighted by Gasteiger charge is -2.36. The number of thiophene rings is 2. The Morgan fingerprint density at radius 2 is 2.04 bits per heavy atom. The van der Waals surface area contributed by atoms with Crippen LogP contribution in [0.25, 0.3) is 0 Å². The standard InChI is InChI=1S/C16H19NO5S3/c1-21-15(18)14-12(4-10-24-14)25(19,20)17-11-16(5-7-22-8-6-16)13-3-2-9-23-13/h2-4,9-10,17H,5-8,11H2,1H3. The van der Waals surface area contributed by atoms with Crippen molar-refractivity contribution in [2.45, 2.75) is 23.2 Å². The topological polar surface area (TPSA) is 81.7 Å². The minimum absolute atomic E-state index is 0.0299. The molecule has 0 atom stereocenters. The maximum Gasteiger partial charge on any atom is 0.349 e. The van der Waals surface area contributed by atoms with Crippen LogP contribution in [0.4, 0.5) is 0 Å². The van der Waals surface area contributed by atoms with E-state index < -0.39 is 16.0 Å². The molecular weight excluding hydrogens is 382 g/mol. The molecule has 0 bridgehead atoms. The lowest BCUT2D eigenvalue weighted by atomic mass is 9.79. The first-order valence-electron chi connectivity index (χ1n) is 7.76. The van der Waals surface area contributed by atoms with Crippen LogP contribution in [0.3, 0.4) is 0 Å². The van der Waals surface area contributed by atoms with Crippen molar-refractivity contribution in [3.63, 3.8) is 0 Å². The molecule has 0 radical (unpaired) electrons. The summed E-state index contributed by atoms with van der Waals surface area (Å²) < 4.78 is 38.3. The molecule has 1 saturated heterocycles. The molecule has 0 spiro atoms. The van der Waals surface area contributed by atoms with Crippen LogP contribution < -0.4 is 4.72 Å². The molecule has 1 aliphatic heterocycles. The van der Waals surface area contributed by atoms with Gasteiger partial charge in [0.25, 0.3) is 0 Å². The lowest BCUT2D eigenvalue weighted by Crippen LogP contribution is -2.44. The van der Waals surface area contributed by atoms with Gasteiger partial charge in [-0.15, -0.1) is 22.7 Å². The monoisotopic (exact) mass is 401 g/mol. The Morgan fingerprint density at radius 3 is 2.68 bits per heavy atom. The summed E-state index contributed by atoms with van der Waals surface area (Å²) in [6.45, 7) is 1.48. The highest BCUT2D eigenvalue weighted by Gasteiger charge is 2.37. The predicted octanol–water partition coefficient (Wildman–Crippen LogP) is 2.62. The van der Waals surface area contributed by atoms with Crippen LogP contribution in [0.2, 0.25) is 0 Å². The van der Waals surface area contributed by atoms with Gasteiger partial charge in [0.15, 0.2) is 0 Å². The molecule has 0 unspecified atom stereocenters. The number of esters is 1. The van der Waals surface area contributed by atoms with Gasteiger partial charge in [0.1, 0.15) is 9.77 Å². The predicted molar refractivity (Wildman–Crippen MR) is 96.9 cm³/mol. The highest BCUT2D eigenvalue weighted by Crippen LogP contribution is 2.37. The van der Waals surface area contributed by atoms with E-state index in [0.29, 0.717) is 13.2 Å². The molecule has 25 heavy (non-hydrogen) atoms. The fraction of sp³-hybridized carbons (Fsp3) is 0.438. The van der Waals surface area contributed by atoms with Gasteiger partial charge in [-0.05, 0) is 35.7 Å². The van der Waals surface area contributed by atoms with Crippen molar-refractivity contribution >= 4 is 38.7 Å².